The van der Waals surface area contributed by atoms with Crippen molar-refractivity contribution in [3.63, 3.8) is 0 Å². The van der Waals surface area contributed by atoms with Crippen LogP contribution < -0.4 is 10.9 Å². The molecule has 9 heteroatoms. The van der Waals surface area contributed by atoms with E-state index in [0.29, 0.717) is 0 Å². The van der Waals surface area contributed by atoms with Gasteiger partial charge in [-0.1, -0.05) is 11.6 Å². The van der Waals surface area contributed by atoms with E-state index in [1.54, 1.807) is 0 Å². The normalized spacial score (nSPS) is 10.8. The van der Waals surface area contributed by atoms with Crippen LogP contribution in [-0.4, -0.2) is 23.8 Å². The number of hydrogen-bond acceptors (Lipinski definition) is 3. The van der Waals surface area contributed by atoms with Crippen LogP contribution >= 0.6 is 22.9 Å². The molecular weight excluding hydrogens is 353 g/mol. The van der Waals surface area contributed by atoms with Crippen molar-refractivity contribution in [1.82, 2.24) is 4.57 Å². The summed E-state index contributed by atoms with van der Waals surface area (Å²) in [6, 6.07) is 2.31. The second kappa shape index (κ2) is 7.65. The average molecular weight is 365 g/mol. The summed E-state index contributed by atoms with van der Waals surface area (Å²) in [6.07, 6.45) is 1.11. The van der Waals surface area contributed by atoms with E-state index in [9.17, 15) is 22.8 Å². The van der Waals surface area contributed by atoms with Gasteiger partial charge in [-0.3, -0.25) is 14.0 Å². The number of aromatic nitrogens is 1. The molecule has 2 aromatic heterocycles. The summed E-state index contributed by atoms with van der Waals surface area (Å²) in [6.45, 7) is -1.74. The molecule has 2 aromatic rings. The first-order valence-corrected chi connectivity index (χ1v) is 7.77. The van der Waals surface area contributed by atoms with Crippen LogP contribution in [0, 0.1) is 5.82 Å². The summed E-state index contributed by atoms with van der Waals surface area (Å²) in [5.74, 6) is -1.33. The Morgan fingerprint density at radius 1 is 1.30 bits per heavy atom. The molecular formula is C14H12ClF3N2O2S. The number of nitrogens with zero attached hydrogens (tertiary/aromatic N) is 1. The highest BCUT2D eigenvalue weighted by molar-refractivity contribution is 7.18. The molecule has 2 heterocycles. The highest BCUT2D eigenvalue weighted by atomic mass is 35.5. The third-order valence-electron chi connectivity index (χ3n) is 2.98. The van der Waals surface area contributed by atoms with Crippen LogP contribution in [0.15, 0.2) is 23.1 Å². The molecule has 0 aliphatic rings. The molecule has 0 aromatic carbocycles. The molecule has 0 radical (unpaired) electrons. The zero-order valence-electron chi connectivity index (χ0n) is 11.7. The molecule has 4 nitrogen and oxygen atoms in total. The van der Waals surface area contributed by atoms with Crippen molar-refractivity contribution in [2.45, 2.75) is 13.0 Å². The zero-order valence-corrected chi connectivity index (χ0v) is 13.3. The number of thiophene rings is 1. The lowest BCUT2D eigenvalue weighted by molar-refractivity contribution is 0.103. The number of anilines is 1. The number of amides is 1. The Morgan fingerprint density at radius 2 is 2.04 bits per heavy atom. The van der Waals surface area contributed by atoms with Crippen molar-refractivity contribution < 1.29 is 18.0 Å². The van der Waals surface area contributed by atoms with E-state index in [1.807, 2.05) is 0 Å². The first-order chi connectivity index (χ1) is 11.0. The van der Waals surface area contributed by atoms with E-state index < -0.39 is 30.6 Å². The van der Waals surface area contributed by atoms with Gasteiger partial charge in [0.2, 0.25) is 0 Å². The Balaban J connectivity index is 2.31. The van der Waals surface area contributed by atoms with E-state index in [0.717, 1.165) is 22.0 Å². The van der Waals surface area contributed by atoms with Crippen LogP contribution in [0.2, 0.25) is 4.34 Å². The fourth-order valence-corrected chi connectivity index (χ4v) is 2.91. The van der Waals surface area contributed by atoms with Crippen molar-refractivity contribution in [3.05, 3.63) is 49.3 Å². The second-order valence-electron chi connectivity index (χ2n) is 4.57. The second-order valence-corrected chi connectivity index (χ2v) is 6.22. The molecule has 0 fully saturated rings. The number of carbonyl (C=O) groups is 1. The van der Waals surface area contributed by atoms with E-state index >= 15 is 0 Å². The fraction of sp³-hybridized carbons (Fsp3) is 0.286. The number of rotatable bonds is 6. The van der Waals surface area contributed by atoms with E-state index in [-0.39, 0.29) is 33.4 Å². The van der Waals surface area contributed by atoms with Gasteiger partial charge in [0, 0.05) is 18.2 Å². The van der Waals surface area contributed by atoms with Crippen LogP contribution in [0.3, 0.4) is 0 Å². The highest BCUT2D eigenvalue weighted by Crippen LogP contribution is 2.26. The van der Waals surface area contributed by atoms with Gasteiger partial charge in [0.05, 0.1) is 23.8 Å². The maximum absolute atomic E-state index is 13.2. The summed E-state index contributed by atoms with van der Waals surface area (Å²) < 4.78 is 39.1. The molecule has 0 saturated carbocycles. The monoisotopic (exact) mass is 364 g/mol. The number of aryl methyl sites for hydroxylation is 2. The van der Waals surface area contributed by atoms with E-state index in [1.165, 1.54) is 12.3 Å². The van der Waals surface area contributed by atoms with Gasteiger partial charge in [-0.2, -0.15) is 0 Å². The molecule has 1 amide bonds. The number of pyridine rings is 1. The van der Waals surface area contributed by atoms with Crippen LogP contribution in [0.4, 0.5) is 18.9 Å². The van der Waals surface area contributed by atoms with Crippen LogP contribution in [0.1, 0.15) is 15.2 Å². The van der Waals surface area contributed by atoms with Crippen molar-refractivity contribution in [1.29, 1.82) is 0 Å². The quantitative estimate of drug-likeness (QED) is 0.853. The topological polar surface area (TPSA) is 51.1 Å². The molecule has 2 rings (SSSR count). The van der Waals surface area contributed by atoms with E-state index in [4.69, 9.17) is 11.6 Å². The molecule has 23 heavy (non-hydrogen) atoms. The minimum Gasteiger partial charge on any atom is -0.320 e. The molecule has 1 N–H and O–H groups in total. The summed E-state index contributed by atoms with van der Waals surface area (Å²) in [4.78, 5) is 24.0. The summed E-state index contributed by atoms with van der Waals surface area (Å²) in [7, 11) is 0. The lowest BCUT2D eigenvalue weighted by Gasteiger charge is -2.10. The Hall–Kier alpha value is -1.80. The summed E-state index contributed by atoms with van der Waals surface area (Å²) in [5, 5.41) is 2.47. The Kier molecular flexibility index (Phi) is 5.84. The van der Waals surface area contributed by atoms with Crippen molar-refractivity contribution in [2.24, 2.45) is 0 Å². The van der Waals surface area contributed by atoms with Crippen molar-refractivity contribution in [3.8, 4) is 0 Å². The smallest absolute Gasteiger partial charge is 0.265 e. The lowest BCUT2D eigenvalue weighted by Crippen LogP contribution is -2.26. The SMILES string of the molecule is O=C(Nc1cc(CCF)c(=O)n(CCF)c1)c1cc(F)c(Cl)s1. The maximum atomic E-state index is 13.2. The van der Waals surface area contributed by atoms with Gasteiger partial charge in [-0.05, 0) is 12.1 Å². The molecule has 0 saturated heterocycles. The number of carbonyl (C=O) groups excluding carboxylic acids is 1. The molecule has 124 valence electrons. The van der Waals surface area contributed by atoms with Gasteiger partial charge in [0.25, 0.3) is 11.5 Å². The molecule has 0 unspecified atom stereocenters. The molecule has 0 atom stereocenters. The van der Waals surface area contributed by atoms with Crippen LogP contribution in [-0.2, 0) is 13.0 Å². The van der Waals surface area contributed by atoms with Gasteiger partial charge in [0.15, 0.2) is 5.82 Å². The largest absolute Gasteiger partial charge is 0.320 e. The molecule has 0 bridgehead atoms. The number of halogens is 4. The maximum Gasteiger partial charge on any atom is 0.265 e. The Labute approximate surface area is 138 Å². The van der Waals surface area contributed by atoms with Gasteiger partial charge < -0.3 is 9.88 Å². The van der Waals surface area contributed by atoms with Gasteiger partial charge in [-0.15, -0.1) is 11.3 Å². The standard InChI is InChI=1S/C14H12ClF3N2O2S/c15-12-10(18)6-11(23-12)13(21)19-9-5-8(1-2-16)14(22)20(7-9)4-3-17/h5-7H,1-4H2,(H,19,21). The predicted molar refractivity (Wildman–Crippen MR) is 83.6 cm³/mol. The third kappa shape index (κ3) is 4.14. The van der Waals surface area contributed by atoms with E-state index in [2.05, 4.69) is 5.32 Å². The third-order valence-corrected chi connectivity index (χ3v) is 4.29. The number of nitrogens with one attached hydrogen (secondary N) is 1. The molecule has 0 spiro atoms. The van der Waals surface area contributed by atoms with Crippen molar-refractivity contribution >= 4 is 34.5 Å². The summed E-state index contributed by atoms with van der Waals surface area (Å²) >= 11 is 6.33. The van der Waals surface area contributed by atoms with Gasteiger partial charge >= 0.3 is 0 Å². The van der Waals surface area contributed by atoms with Gasteiger partial charge in [0.1, 0.15) is 11.0 Å². The van der Waals surface area contributed by atoms with Gasteiger partial charge in [-0.25, -0.2) is 8.78 Å². The predicted octanol–water partition coefficient (Wildman–Crippen LogP) is 3.44. The average Bonchev–Trinajstić information content (AvgIpc) is 2.84. The van der Waals surface area contributed by atoms with Crippen molar-refractivity contribution in [2.75, 3.05) is 18.7 Å². The first kappa shape index (κ1) is 17.6. The van der Waals surface area contributed by atoms with Crippen LogP contribution in [0.25, 0.3) is 0 Å². The fourth-order valence-electron chi connectivity index (χ4n) is 1.96. The molecule has 0 aliphatic heterocycles. The van der Waals surface area contributed by atoms with Crippen LogP contribution in [0.5, 0.6) is 0 Å². The number of alkyl halides is 2. The minimum absolute atomic E-state index is 0.0442. The number of hydrogen-bond donors (Lipinski definition) is 1. The molecule has 0 aliphatic carbocycles. The minimum atomic E-state index is -0.780. The first-order valence-electron chi connectivity index (χ1n) is 6.57. The summed E-state index contributed by atoms with van der Waals surface area (Å²) in [5.41, 5.74) is -0.200. The highest BCUT2D eigenvalue weighted by Gasteiger charge is 2.15. The lowest BCUT2D eigenvalue weighted by atomic mass is 10.2. The Morgan fingerprint density at radius 3 is 2.61 bits per heavy atom. The Bertz CT molecular complexity index is 726. The zero-order chi connectivity index (χ0) is 17.0.